The number of halogens is 5. The fourth-order valence-corrected chi connectivity index (χ4v) is 5.67. The van der Waals surface area contributed by atoms with Crippen molar-refractivity contribution in [3.05, 3.63) is 76.7 Å². The van der Waals surface area contributed by atoms with Crippen molar-refractivity contribution in [2.75, 3.05) is 0 Å². The van der Waals surface area contributed by atoms with E-state index in [0.717, 1.165) is 12.3 Å². The van der Waals surface area contributed by atoms with Gasteiger partial charge in [-0.05, 0) is 46.6 Å². The lowest BCUT2D eigenvalue weighted by molar-refractivity contribution is -0.143. The van der Waals surface area contributed by atoms with E-state index in [9.17, 15) is 22.4 Å². The zero-order chi connectivity index (χ0) is 30.2. The van der Waals surface area contributed by atoms with Crippen molar-refractivity contribution in [2.45, 2.75) is 38.7 Å². The number of carbonyl (C=O) groups excluding carboxylic acids is 1. The van der Waals surface area contributed by atoms with Gasteiger partial charge in [0.15, 0.2) is 11.9 Å². The van der Waals surface area contributed by atoms with Gasteiger partial charge in [0.05, 0.1) is 23.2 Å². The van der Waals surface area contributed by atoms with E-state index in [-0.39, 0.29) is 29.6 Å². The summed E-state index contributed by atoms with van der Waals surface area (Å²) in [4.78, 5) is 22.1. The van der Waals surface area contributed by atoms with E-state index in [4.69, 9.17) is 16.6 Å². The van der Waals surface area contributed by atoms with Crippen molar-refractivity contribution in [3.63, 3.8) is 0 Å². The largest absolute Gasteiger partial charge is 0.487 e. The molecule has 0 saturated heterocycles. The van der Waals surface area contributed by atoms with Gasteiger partial charge >= 0.3 is 6.18 Å². The Labute approximate surface area is 239 Å². The summed E-state index contributed by atoms with van der Waals surface area (Å²) in [5.41, 5.74) is -0.0863. The Morgan fingerprint density at radius 1 is 1.23 bits per heavy atom. The number of ketones is 1. The van der Waals surface area contributed by atoms with Crippen LogP contribution in [0.15, 0.2) is 63.9 Å². The highest BCUT2D eigenvalue weighted by atomic mass is 79.9. The predicted molar refractivity (Wildman–Crippen MR) is 141 cm³/mol. The van der Waals surface area contributed by atoms with Gasteiger partial charge < -0.3 is 13.9 Å². The second-order valence-electron chi connectivity index (χ2n) is 8.43. The Morgan fingerprint density at radius 2 is 2.02 bits per heavy atom. The number of nitrogens with zero attached hydrogens (tertiary/aromatic N) is 4. The van der Waals surface area contributed by atoms with E-state index in [1.165, 1.54) is 42.8 Å². The first kappa shape index (κ1) is 25.2. The highest BCUT2D eigenvalue weighted by Crippen LogP contribution is 2.45. The molecule has 0 amide bonds. The lowest BCUT2D eigenvalue weighted by Crippen LogP contribution is -2.28. The molecule has 4 heterocycles. The molecule has 208 valence electrons. The number of aromatic nitrogens is 4. The number of para-hydroxylation sites is 1. The maximum absolute atomic E-state index is 13.5. The molecule has 14 heteroatoms. The van der Waals surface area contributed by atoms with Gasteiger partial charge in [-0.2, -0.15) is 22.7 Å². The first-order valence-corrected chi connectivity index (χ1v) is 13.1. The van der Waals surface area contributed by atoms with Crippen LogP contribution in [0.4, 0.5) is 17.6 Å². The Kier molecular flexibility index (Phi) is 7.17. The van der Waals surface area contributed by atoms with Gasteiger partial charge in [-0.3, -0.25) is 9.48 Å². The lowest BCUT2D eigenvalue weighted by Gasteiger charge is -2.19. The molecule has 0 saturated carbocycles. The van der Waals surface area contributed by atoms with Crippen molar-refractivity contribution in [2.24, 2.45) is 0 Å². The number of Topliss-reactive ketones (excluding diaryl/α,β-unsaturated/α-hetero) is 1. The van der Waals surface area contributed by atoms with Crippen LogP contribution in [0.1, 0.15) is 20.9 Å². The molecule has 1 atom stereocenters. The van der Waals surface area contributed by atoms with E-state index < -0.39 is 37.1 Å². The van der Waals surface area contributed by atoms with Crippen LogP contribution in [0.2, 0.25) is 0 Å². The lowest BCUT2D eigenvalue weighted by atomic mass is 10.0. The average Bonchev–Trinajstić information content (AvgIpc) is 3.63. The number of carbonyl (C=O) groups is 1. The Balaban J connectivity index is 1.42. The summed E-state index contributed by atoms with van der Waals surface area (Å²) in [5, 5.41) is 4.01. The molecule has 0 aliphatic heterocycles. The number of hydrogen-bond acceptors (Lipinski definition) is 8. The van der Waals surface area contributed by atoms with Gasteiger partial charge in [0.2, 0.25) is 5.88 Å². The minimum absolute atomic E-state index is 0.0104. The fourth-order valence-electron chi connectivity index (χ4n) is 3.76. The smallest absolute Gasteiger partial charge is 0.408 e. The molecule has 0 aliphatic carbocycles. The molecule has 0 spiro atoms. The molecular formula is C26H19BrF4N4O4S. The van der Waals surface area contributed by atoms with Crippen LogP contribution in [0, 0.1) is 6.01 Å². The second-order valence-corrected chi connectivity index (χ2v) is 10.2. The minimum Gasteiger partial charge on any atom is -0.487 e. The van der Waals surface area contributed by atoms with E-state index in [1.54, 1.807) is 18.2 Å². The van der Waals surface area contributed by atoms with Crippen LogP contribution in [0.25, 0.3) is 20.9 Å². The monoisotopic (exact) mass is 640 g/mol. The first-order valence-electron chi connectivity index (χ1n) is 12.5. The fraction of sp³-hybridized carbons (Fsp3) is 0.231. The van der Waals surface area contributed by atoms with Gasteiger partial charge in [-0.15, -0.1) is 11.3 Å². The van der Waals surface area contributed by atoms with E-state index in [0.29, 0.717) is 29.8 Å². The zero-order valence-corrected chi connectivity index (χ0v) is 22.8. The summed E-state index contributed by atoms with van der Waals surface area (Å²) >= 11 is 4.67. The van der Waals surface area contributed by atoms with Crippen molar-refractivity contribution < 1.29 is 39.0 Å². The molecule has 0 aliphatic rings. The van der Waals surface area contributed by atoms with E-state index in [1.807, 2.05) is 0 Å². The van der Waals surface area contributed by atoms with Crippen molar-refractivity contribution in [3.8, 4) is 22.3 Å². The quantitative estimate of drug-likeness (QED) is 0.156. The predicted octanol–water partition coefficient (Wildman–Crippen LogP) is 6.77. The summed E-state index contributed by atoms with van der Waals surface area (Å²) in [7, 11) is 0. The van der Waals surface area contributed by atoms with Gasteiger partial charge in [0.25, 0.3) is 6.01 Å². The summed E-state index contributed by atoms with van der Waals surface area (Å²) in [6.07, 6.45) is -3.54. The van der Waals surface area contributed by atoms with Crippen LogP contribution in [0.3, 0.4) is 0 Å². The highest BCUT2D eigenvalue weighted by molar-refractivity contribution is 9.10. The maximum Gasteiger partial charge on any atom is 0.408 e. The maximum atomic E-state index is 13.5. The topological polar surface area (TPSA) is 92.3 Å². The van der Waals surface area contributed by atoms with Crippen LogP contribution in [-0.4, -0.2) is 37.8 Å². The number of benzene rings is 1. The van der Waals surface area contributed by atoms with Crippen molar-refractivity contribution in [1.29, 1.82) is 0 Å². The van der Waals surface area contributed by atoms with Crippen LogP contribution >= 0.6 is 27.3 Å². The third-order valence-corrected chi connectivity index (χ3v) is 7.76. The zero-order valence-electron chi connectivity index (χ0n) is 22.4. The molecule has 0 N–H and O–H groups in total. The normalized spacial score (nSPS) is 13.7. The number of hydrogen-bond donors (Lipinski definition) is 0. The number of alkyl halides is 3. The average molecular weight is 641 g/mol. The SMILES string of the molecule is [2H]C([2H])(Oc1ccccc1CC(Oc1ncnc2sc(-c3ccc(F)o3)c(Br)c12)C(C)=O)c1ccnn1CC(F)(F)F. The summed E-state index contributed by atoms with van der Waals surface area (Å²) in [6, 6.07) is 9.18. The molecule has 0 fully saturated rings. The Morgan fingerprint density at radius 3 is 2.75 bits per heavy atom. The summed E-state index contributed by atoms with van der Waals surface area (Å²) < 4.78 is 86.9. The molecule has 0 radical (unpaired) electrons. The van der Waals surface area contributed by atoms with Crippen LogP contribution in [0.5, 0.6) is 11.6 Å². The van der Waals surface area contributed by atoms with E-state index in [2.05, 4.69) is 31.0 Å². The highest BCUT2D eigenvalue weighted by Gasteiger charge is 2.29. The third kappa shape index (κ3) is 6.17. The standard InChI is InChI=1S/C26H19BrF4N4O4S/c1-14(36)19(39-24-21-22(27)23(18-6-7-20(28)38-18)40-25(21)33-13-32-24)10-15-4-2-3-5-17(15)37-11-16-8-9-34-35(16)12-26(29,30)31/h2-9,13,19H,10-12H2,1H3/i11D2. The second kappa shape index (κ2) is 11.4. The van der Waals surface area contributed by atoms with E-state index >= 15 is 0 Å². The molecule has 1 unspecified atom stereocenters. The molecule has 1 aromatic carbocycles. The molecule has 8 nitrogen and oxygen atoms in total. The van der Waals surface area contributed by atoms with Crippen LogP contribution in [-0.2, 0) is 24.3 Å². The number of thiophene rings is 1. The minimum atomic E-state index is -4.63. The Bertz CT molecular complexity index is 1760. The van der Waals surface area contributed by atoms with Gasteiger partial charge in [0.1, 0.15) is 35.8 Å². The molecular weight excluding hydrogens is 620 g/mol. The van der Waals surface area contributed by atoms with Crippen LogP contribution < -0.4 is 9.47 Å². The number of ether oxygens (including phenoxy) is 2. The van der Waals surface area contributed by atoms with Crippen molar-refractivity contribution in [1.82, 2.24) is 19.7 Å². The first-order chi connectivity index (χ1) is 19.8. The van der Waals surface area contributed by atoms with Gasteiger partial charge in [-0.25, -0.2) is 9.97 Å². The Hall–Kier alpha value is -3.78. The van der Waals surface area contributed by atoms with Gasteiger partial charge in [0, 0.05) is 18.7 Å². The molecule has 5 rings (SSSR count). The number of fused-ring (bicyclic) bond motifs is 1. The summed E-state index contributed by atoms with van der Waals surface area (Å²) in [5.74, 6) is -0.0777. The summed E-state index contributed by atoms with van der Waals surface area (Å²) in [6.45, 7) is -2.89. The molecule has 5 aromatic rings. The molecule has 0 bridgehead atoms. The number of furan rings is 1. The third-order valence-electron chi connectivity index (χ3n) is 5.59. The van der Waals surface area contributed by atoms with Gasteiger partial charge in [-0.1, -0.05) is 18.2 Å². The number of rotatable bonds is 10. The molecule has 4 aromatic heterocycles. The molecule has 40 heavy (non-hydrogen) atoms. The van der Waals surface area contributed by atoms with Crippen molar-refractivity contribution >= 4 is 43.3 Å².